The molecule has 1 N–H and O–H groups in total. The third-order valence-corrected chi connectivity index (χ3v) is 2.34. The first-order chi connectivity index (χ1) is 8.50. The van der Waals surface area contributed by atoms with Gasteiger partial charge in [-0.2, -0.15) is 0 Å². The van der Waals surface area contributed by atoms with E-state index in [0.717, 1.165) is 0 Å². The van der Waals surface area contributed by atoms with Gasteiger partial charge < -0.3 is 5.11 Å². The van der Waals surface area contributed by atoms with Gasteiger partial charge in [0.25, 0.3) is 0 Å². The van der Waals surface area contributed by atoms with Crippen molar-refractivity contribution >= 4 is 11.7 Å². The molecule has 0 atom stereocenters. The molecule has 8 nitrogen and oxygen atoms in total. The number of carboxylic acids is 1. The number of nitro groups is 1. The fraction of sp³-hybridized carbons (Fsp3) is 0.100. The van der Waals surface area contributed by atoms with Crippen molar-refractivity contribution in [3.63, 3.8) is 0 Å². The molecule has 0 saturated heterocycles. The van der Waals surface area contributed by atoms with Gasteiger partial charge >= 0.3 is 11.7 Å². The van der Waals surface area contributed by atoms with Crippen LogP contribution in [0.2, 0.25) is 0 Å². The van der Waals surface area contributed by atoms with Crippen LogP contribution >= 0.6 is 0 Å². The first-order valence-corrected chi connectivity index (χ1v) is 4.88. The maximum atomic E-state index is 11.0. The standard InChI is InChI=1S/C10H8N4O4/c1-6-2-3-11-9(8(6)14(17)18)13-4-7(10(15)16)12-5-13/h2-5H,1H3,(H,15,16). The molecule has 0 aliphatic rings. The number of nitrogens with zero attached hydrogens (tertiary/aromatic N) is 4. The van der Waals surface area contributed by atoms with Crippen LogP contribution in [0, 0.1) is 17.0 Å². The van der Waals surface area contributed by atoms with Gasteiger partial charge in [0.2, 0.25) is 5.82 Å². The molecular formula is C10H8N4O4. The summed E-state index contributed by atoms with van der Waals surface area (Å²) in [6.07, 6.45) is 3.77. The summed E-state index contributed by atoms with van der Waals surface area (Å²) >= 11 is 0. The molecule has 0 fully saturated rings. The lowest BCUT2D eigenvalue weighted by atomic mass is 10.2. The number of hydrogen-bond donors (Lipinski definition) is 1. The number of carboxylic acid groups (broad SMARTS) is 1. The zero-order chi connectivity index (χ0) is 13.3. The monoisotopic (exact) mass is 248 g/mol. The minimum atomic E-state index is -1.20. The number of pyridine rings is 1. The highest BCUT2D eigenvalue weighted by Gasteiger charge is 2.21. The van der Waals surface area contributed by atoms with Crippen LogP contribution in [0.5, 0.6) is 0 Å². The van der Waals surface area contributed by atoms with Gasteiger partial charge in [-0.3, -0.25) is 14.7 Å². The van der Waals surface area contributed by atoms with E-state index >= 15 is 0 Å². The van der Waals surface area contributed by atoms with Crippen molar-refractivity contribution in [2.24, 2.45) is 0 Å². The van der Waals surface area contributed by atoms with Crippen molar-refractivity contribution in [1.82, 2.24) is 14.5 Å². The van der Waals surface area contributed by atoms with E-state index in [9.17, 15) is 14.9 Å². The Bertz CT molecular complexity index is 635. The second-order valence-corrected chi connectivity index (χ2v) is 3.53. The summed E-state index contributed by atoms with van der Waals surface area (Å²) in [6, 6.07) is 1.51. The number of carbonyl (C=O) groups is 1. The smallest absolute Gasteiger partial charge is 0.356 e. The number of aromatic carboxylic acids is 1. The van der Waals surface area contributed by atoms with Crippen LogP contribution in [0.15, 0.2) is 24.8 Å². The normalized spacial score (nSPS) is 10.3. The molecule has 92 valence electrons. The molecule has 0 saturated carbocycles. The second-order valence-electron chi connectivity index (χ2n) is 3.53. The Hall–Kier alpha value is -2.77. The van der Waals surface area contributed by atoms with Gasteiger partial charge in [-0.1, -0.05) is 0 Å². The van der Waals surface area contributed by atoms with E-state index in [4.69, 9.17) is 5.11 Å². The van der Waals surface area contributed by atoms with E-state index in [1.165, 1.54) is 29.4 Å². The molecule has 8 heteroatoms. The molecule has 0 amide bonds. The summed E-state index contributed by atoms with van der Waals surface area (Å²) in [5.41, 5.74) is 0.0648. The van der Waals surface area contributed by atoms with E-state index in [-0.39, 0.29) is 17.2 Å². The first-order valence-electron chi connectivity index (χ1n) is 4.88. The largest absolute Gasteiger partial charge is 0.476 e. The SMILES string of the molecule is Cc1ccnc(-n2cnc(C(=O)O)c2)c1[N+](=O)[O-]. The Kier molecular flexibility index (Phi) is 2.76. The number of rotatable bonds is 3. The van der Waals surface area contributed by atoms with E-state index in [2.05, 4.69) is 9.97 Å². The number of hydrogen-bond acceptors (Lipinski definition) is 5. The van der Waals surface area contributed by atoms with E-state index < -0.39 is 10.9 Å². The summed E-state index contributed by atoms with van der Waals surface area (Å²) in [6.45, 7) is 1.58. The first kappa shape index (κ1) is 11.7. The Morgan fingerprint density at radius 2 is 2.22 bits per heavy atom. The number of aromatic nitrogens is 3. The van der Waals surface area contributed by atoms with Gasteiger partial charge in [0.15, 0.2) is 5.69 Å². The Labute approximate surface area is 101 Å². The molecule has 0 unspecified atom stereocenters. The third kappa shape index (κ3) is 1.90. The van der Waals surface area contributed by atoms with Crippen molar-refractivity contribution in [2.45, 2.75) is 6.92 Å². The quantitative estimate of drug-likeness (QED) is 0.644. The minimum absolute atomic E-state index is 0.0417. The van der Waals surface area contributed by atoms with Crippen LogP contribution in [0.4, 0.5) is 5.69 Å². The summed E-state index contributed by atoms with van der Waals surface area (Å²) in [5, 5.41) is 19.7. The summed E-state index contributed by atoms with van der Waals surface area (Å²) < 4.78 is 1.22. The highest BCUT2D eigenvalue weighted by Crippen LogP contribution is 2.24. The molecule has 2 rings (SSSR count). The van der Waals surface area contributed by atoms with E-state index in [1.54, 1.807) is 6.92 Å². The number of aryl methyl sites for hydroxylation is 1. The minimum Gasteiger partial charge on any atom is -0.476 e. The molecule has 0 radical (unpaired) electrons. The van der Waals surface area contributed by atoms with E-state index in [0.29, 0.717) is 5.56 Å². The molecule has 0 aromatic carbocycles. The summed E-state index contributed by atoms with van der Waals surface area (Å²) in [4.78, 5) is 28.6. The van der Waals surface area contributed by atoms with Gasteiger partial charge in [-0.05, 0) is 13.0 Å². The molecule has 0 spiro atoms. The third-order valence-electron chi connectivity index (χ3n) is 2.34. The van der Waals surface area contributed by atoms with Gasteiger partial charge in [0, 0.05) is 18.0 Å². The number of imidazole rings is 1. The fourth-order valence-corrected chi connectivity index (χ4v) is 1.50. The lowest BCUT2D eigenvalue weighted by Gasteiger charge is -2.03. The summed E-state index contributed by atoms with van der Waals surface area (Å²) in [7, 11) is 0. The average molecular weight is 248 g/mol. The molecule has 2 aromatic rings. The van der Waals surface area contributed by atoms with Gasteiger partial charge in [-0.25, -0.2) is 14.8 Å². The Morgan fingerprint density at radius 1 is 1.50 bits per heavy atom. The van der Waals surface area contributed by atoms with Crippen LogP contribution in [0.1, 0.15) is 16.1 Å². The molecule has 0 aliphatic heterocycles. The zero-order valence-corrected chi connectivity index (χ0v) is 9.27. The summed E-state index contributed by atoms with van der Waals surface area (Å²) in [5.74, 6) is -1.16. The van der Waals surface area contributed by atoms with Crippen LogP contribution < -0.4 is 0 Å². The predicted molar refractivity (Wildman–Crippen MR) is 59.7 cm³/mol. The fourth-order valence-electron chi connectivity index (χ4n) is 1.50. The van der Waals surface area contributed by atoms with Crippen LogP contribution in [-0.2, 0) is 0 Å². The Balaban J connectivity index is 2.59. The molecule has 2 aromatic heterocycles. The van der Waals surface area contributed by atoms with Crippen molar-refractivity contribution in [3.8, 4) is 5.82 Å². The predicted octanol–water partition coefficient (Wildman–Crippen LogP) is 1.18. The van der Waals surface area contributed by atoms with Crippen LogP contribution in [-0.4, -0.2) is 30.5 Å². The van der Waals surface area contributed by atoms with E-state index in [1.807, 2.05) is 0 Å². The van der Waals surface area contributed by atoms with Crippen LogP contribution in [0.25, 0.3) is 5.82 Å². The average Bonchev–Trinajstić information content (AvgIpc) is 2.77. The lowest BCUT2D eigenvalue weighted by Crippen LogP contribution is -2.03. The topological polar surface area (TPSA) is 111 Å². The molecular weight excluding hydrogens is 240 g/mol. The van der Waals surface area contributed by atoms with Gasteiger partial charge in [0.05, 0.1) is 4.92 Å². The van der Waals surface area contributed by atoms with Gasteiger partial charge in [-0.15, -0.1) is 0 Å². The van der Waals surface area contributed by atoms with Crippen molar-refractivity contribution < 1.29 is 14.8 Å². The second kappa shape index (κ2) is 4.24. The Morgan fingerprint density at radius 3 is 2.78 bits per heavy atom. The highest BCUT2D eigenvalue weighted by atomic mass is 16.6. The molecule has 18 heavy (non-hydrogen) atoms. The van der Waals surface area contributed by atoms with Crippen LogP contribution in [0.3, 0.4) is 0 Å². The van der Waals surface area contributed by atoms with Gasteiger partial charge in [0.1, 0.15) is 6.33 Å². The molecule has 0 bridgehead atoms. The molecule has 0 aliphatic carbocycles. The maximum absolute atomic E-state index is 11.0. The highest BCUT2D eigenvalue weighted by molar-refractivity contribution is 5.85. The molecule has 2 heterocycles. The van der Waals surface area contributed by atoms with Crippen molar-refractivity contribution in [3.05, 3.63) is 46.2 Å². The van der Waals surface area contributed by atoms with Crippen molar-refractivity contribution in [2.75, 3.05) is 0 Å². The zero-order valence-electron chi connectivity index (χ0n) is 9.27. The lowest BCUT2D eigenvalue weighted by molar-refractivity contribution is -0.385. The maximum Gasteiger partial charge on any atom is 0.356 e. The van der Waals surface area contributed by atoms with Crippen molar-refractivity contribution in [1.29, 1.82) is 0 Å².